The molecule has 0 radical (unpaired) electrons. The summed E-state index contributed by atoms with van der Waals surface area (Å²) in [5.41, 5.74) is 0.836. The average molecular weight is 423 g/mol. The molecule has 2 heterocycles. The van der Waals surface area contributed by atoms with Gasteiger partial charge in [-0.25, -0.2) is 19.8 Å². The van der Waals surface area contributed by atoms with Crippen LogP contribution in [0.1, 0.15) is 51.0 Å². The smallest absolute Gasteiger partial charge is 0.274 e. The quantitative estimate of drug-likeness (QED) is 0.534. The zero-order chi connectivity index (χ0) is 20.4. The van der Waals surface area contributed by atoms with Gasteiger partial charge < -0.3 is 15.0 Å². The van der Waals surface area contributed by atoms with Crippen molar-refractivity contribution in [3.05, 3.63) is 18.6 Å². The standard InChI is InChI=1S/C19H30N6O3S/c20-29(27,28)24-11-14-8-15(9-17(14)26)25-7-6-16-18(22-12-23-19(16)25)21-10-13-4-2-1-3-5-13/h6-7,12-15,17,24,26H,1-5,8-11H2,(H2,20,27,28)(H,21,22,23)/t14-,15+,17-/m0/s1. The van der Waals surface area contributed by atoms with Crippen LogP contribution < -0.4 is 15.2 Å². The van der Waals surface area contributed by atoms with Crippen LogP contribution in [0.2, 0.25) is 0 Å². The molecule has 0 saturated heterocycles. The molecular weight excluding hydrogens is 392 g/mol. The van der Waals surface area contributed by atoms with Crippen molar-refractivity contribution in [1.29, 1.82) is 0 Å². The lowest BCUT2D eigenvalue weighted by molar-refractivity contribution is 0.133. The number of anilines is 1. The average Bonchev–Trinajstić information content (AvgIpc) is 3.28. The predicted octanol–water partition coefficient (Wildman–Crippen LogP) is 1.53. The normalized spacial score (nSPS) is 26.2. The second kappa shape index (κ2) is 8.55. The van der Waals surface area contributed by atoms with Crippen LogP contribution in [0.5, 0.6) is 0 Å². The van der Waals surface area contributed by atoms with Crippen molar-refractivity contribution >= 4 is 27.1 Å². The third-order valence-electron chi connectivity index (χ3n) is 6.36. The molecule has 2 aliphatic rings. The van der Waals surface area contributed by atoms with Gasteiger partial charge in [0.1, 0.15) is 17.8 Å². The molecule has 29 heavy (non-hydrogen) atoms. The van der Waals surface area contributed by atoms with E-state index in [4.69, 9.17) is 5.14 Å². The molecule has 2 aromatic rings. The SMILES string of the molecule is NS(=O)(=O)NC[C@@H]1C[C@@H](n2ccc3c(NCC4CCCCC4)ncnc32)C[C@@H]1O. The van der Waals surface area contributed by atoms with Crippen molar-refractivity contribution in [3.8, 4) is 0 Å². The number of aliphatic hydroxyl groups is 1. The monoisotopic (exact) mass is 422 g/mol. The summed E-state index contributed by atoms with van der Waals surface area (Å²) in [6, 6.07) is 2.07. The molecule has 0 spiro atoms. The lowest BCUT2D eigenvalue weighted by Gasteiger charge is -2.22. The minimum absolute atomic E-state index is 0.0517. The van der Waals surface area contributed by atoms with Crippen molar-refractivity contribution in [2.24, 2.45) is 17.0 Å². The Bertz CT molecular complexity index is 941. The molecule has 0 aromatic carbocycles. The number of nitrogens with two attached hydrogens (primary N) is 1. The Hall–Kier alpha value is -1.75. The summed E-state index contributed by atoms with van der Waals surface area (Å²) >= 11 is 0. The van der Waals surface area contributed by atoms with E-state index < -0.39 is 16.3 Å². The molecule has 0 bridgehead atoms. The van der Waals surface area contributed by atoms with E-state index in [2.05, 4.69) is 24.6 Å². The number of hydrogen-bond acceptors (Lipinski definition) is 6. The van der Waals surface area contributed by atoms with Crippen molar-refractivity contribution < 1.29 is 13.5 Å². The highest BCUT2D eigenvalue weighted by Crippen LogP contribution is 2.37. The Morgan fingerprint density at radius 1 is 1.17 bits per heavy atom. The van der Waals surface area contributed by atoms with Gasteiger partial charge in [0.05, 0.1) is 11.5 Å². The number of fused-ring (bicyclic) bond motifs is 1. The van der Waals surface area contributed by atoms with Crippen molar-refractivity contribution in [3.63, 3.8) is 0 Å². The van der Waals surface area contributed by atoms with E-state index in [0.717, 1.165) is 23.4 Å². The summed E-state index contributed by atoms with van der Waals surface area (Å²) < 4.78 is 26.7. The largest absolute Gasteiger partial charge is 0.393 e. The minimum Gasteiger partial charge on any atom is -0.393 e. The van der Waals surface area contributed by atoms with E-state index in [1.54, 1.807) is 6.33 Å². The summed E-state index contributed by atoms with van der Waals surface area (Å²) in [6.07, 6.45) is 10.7. The summed E-state index contributed by atoms with van der Waals surface area (Å²) in [6.45, 7) is 1.07. The predicted molar refractivity (Wildman–Crippen MR) is 111 cm³/mol. The van der Waals surface area contributed by atoms with E-state index >= 15 is 0 Å². The molecule has 2 fully saturated rings. The number of aromatic nitrogens is 3. The Morgan fingerprint density at radius 3 is 2.72 bits per heavy atom. The van der Waals surface area contributed by atoms with E-state index in [0.29, 0.717) is 18.8 Å². The molecule has 10 heteroatoms. The van der Waals surface area contributed by atoms with Gasteiger partial charge >= 0.3 is 0 Å². The number of rotatable bonds is 7. The van der Waals surface area contributed by atoms with E-state index in [1.807, 2.05) is 12.3 Å². The van der Waals surface area contributed by atoms with Gasteiger partial charge in [0, 0.05) is 31.2 Å². The molecule has 2 aliphatic carbocycles. The molecule has 0 amide bonds. The van der Waals surface area contributed by atoms with Crippen LogP contribution in [0.3, 0.4) is 0 Å². The molecule has 4 rings (SSSR count). The van der Waals surface area contributed by atoms with Crippen molar-refractivity contribution in [2.45, 2.75) is 57.1 Å². The Balaban J connectivity index is 1.46. The number of nitrogens with zero attached hydrogens (tertiary/aromatic N) is 3. The molecule has 2 saturated carbocycles. The van der Waals surface area contributed by atoms with Gasteiger partial charge in [0.25, 0.3) is 10.2 Å². The number of aliphatic hydroxyl groups excluding tert-OH is 1. The van der Waals surface area contributed by atoms with Gasteiger partial charge in [-0.05, 0) is 37.7 Å². The molecule has 5 N–H and O–H groups in total. The first-order valence-corrected chi connectivity index (χ1v) is 12.0. The first-order chi connectivity index (χ1) is 13.9. The Labute approximate surface area is 171 Å². The first kappa shape index (κ1) is 20.5. The van der Waals surface area contributed by atoms with E-state index in [-0.39, 0.29) is 18.5 Å². The van der Waals surface area contributed by atoms with Gasteiger partial charge in [-0.3, -0.25) is 0 Å². The number of hydrogen-bond donors (Lipinski definition) is 4. The molecule has 2 aromatic heterocycles. The van der Waals surface area contributed by atoms with Crippen molar-refractivity contribution in [2.75, 3.05) is 18.4 Å². The fourth-order valence-corrected chi connectivity index (χ4v) is 5.23. The first-order valence-electron chi connectivity index (χ1n) is 10.4. The van der Waals surface area contributed by atoms with Crippen LogP contribution in [-0.4, -0.2) is 47.3 Å². The second-order valence-electron chi connectivity index (χ2n) is 8.41. The van der Waals surface area contributed by atoms with Crippen LogP contribution in [0.15, 0.2) is 18.6 Å². The zero-order valence-electron chi connectivity index (χ0n) is 16.5. The van der Waals surface area contributed by atoms with E-state index in [1.165, 1.54) is 32.1 Å². The third-order valence-corrected chi connectivity index (χ3v) is 6.93. The molecule has 9 nitrogen and oxygen atoms in total. The second-order valence-corrected chi connectivity index (χ2v) is 9.79. The Kier molecular flexibility index (Phi) is 6.05. The lowest BCUT2D eigenvalue weighted by Crippen LogP contribution is -2.36. The maximum Gasteiger partial charge on any atom is 0.274 e. The molecular formula is C19H30N6O3S. The fraction of sp³-hybridized carbons (Fsp3) is 0.684. The highest BCUT2D eigenvalue weighted by molar-refractivity contribution is 7.87. The molecule has 160 valence electrons. The summed E-state index contributed by atoms with van der Waals surface area (Å²) in [4.78, 5) is 8.92. The zero-order valence-corrected chi connectivity index (χ0v) is 17.3. The Morgan fingerprint density at radius 2 is 1.97 bits per heavy atom. The van der Waals surface area contributed by atoms with Gasteiger partial charge in [0.2, 0.25) is 0 Å². The summed E-state index contributed by atoms with van der Waals surface area (Å²) in [7, 11) is -3.76. The molecule has 3 atom stereocenters. The third kappa shape index (κ3) is 4.88. The van der Waals surface area contributed by atoms with Gasteiger partial charge in [-0.2, -0.15) is 8.42 Å². The lowest BCUT2D eigenvalue weighted by atomic mass is 9.89. The van der Waals surface area contributed by atoms with E-state index in [9.17, 15) is 13.5 Å². The molecule has 0 aliphatic heterocycles. The van der Waals surface area contributed by atoms with Crippen LogP contribution in [0.4, 0.5) is 5.82 Å². The van der Waals surface area contributed by atoms with Crippen LogP contribution >= 0.6 is 0 Å². The van der Waals surface area contributed by atoms with Crippen LogP contribution in [0, 0.1) is 11.8 Å². The highest BCUT2D eigenvalue weighted by atomic mass is 32.2. The fourth-order valence-electron chi connectivity index (χ4n) is 4.78. The summed E-state index contributed by atoms with van der Waals surface area (Å²) in [5.74, 6) is 1.37. The highest BCUT2D eigenvalue weighted by Gasteiger charge is 2.35. The van der Waals surface area contributed by atoms with Gasteiger partial charge in [0.15, 0.2) is 0 Å². The topological polar surface area (TPSA) is 135 Å². The van der Waals surface area contributed by atoms with Gasteiger partial charge in [-0.15, -0.1) is 0 Å². The molecule has 0 unspecified atom stereocenters. The maximum atomic E-state index is 11.1. The summed E-state index contributed by atoms with van der Waals surface area (Å²) in [5, 5.41) is 19.9. The van der Waals surface area contributed by atoms with Crippen molar-refractivity contribution in [1.82, 2.24) is 19.3 Å². The van der Waals surface area contributed by atoms with Crippen LogP contribution in [-0.2, 0) is 10.2 Å². The maximum absolute atomic E-state index is 11.1. The number of nitrogens with one attached hydrogen (secondary N) is 2. The van der Waals surface area contributed by atoms with Gasteiger partial charge in [-0.1, -0.05) is 19.3 Å². The van der Waals surface area contributed by atoms with Crippen LogP contribution in [0.25, 0.3) is 11.0 Å². The minimum atomic E-state index is -3.76.